The molecule has 0 radical (unpaired) electrons. The van der Waals surface area contributed by atoms with E-state index in [0.29, 0.717) is 32.6 Å². The van der Waals surface area contributed by atoms with Crippen LogP contribution >= 0.6 is 35.2 Å². The summed E-state index contributed by atoms with van der Waals surface area (Å²) in [4.78, 5) is 25.8. The highest BCUT2D eigenvalue weighted by Gasteiger charge is 2.19. The monoisotopic (exact) mass is 509 g/mol. The number of anilines is 2. The van der Waals surface area contributed by atoms with E-state index in [4.69, 9.17) is 28.6 Å². The molecule has 4 rings (SSSR count). The lowest BCUT2D eigenvalue weighted by Crippen LogP contribution is -2.33. The first-order chi connectivity index (χ1) is 16.3. The van der Waals surface area contributed by atoms with Crippen molar-refractivity contribution in [1.82, 2.24) is 5.32 Å². The molecular weight excluding hydrogens is 490 g/mol. The zero-order valence-electron chi connectivity index (χ0n) is 18.3. The summed E-state index contributed by atoms with van der Waals surface area (Å²) in [6.07, 6.45) is 0. The number of halogens is 1. The van der Waals surface area contributed by atoms with Crippen molar-refractivity contribution >= 4 is 73.5 Å². The second-order valence-corrected chi connectivity index (χ2v) is 9.26. The Bertz CT molecular complexity index is 1420. The van der Waals surface area contributed by atoms with Crippen LogP contribution in [0, 0.1) is 6.92 Å². The molecule has 0 saturated carbocycles. The van der Waals surface area contributed by atoms with Gasteiger partial charge in [-0.15, -0.1) is 11.3 Å². The molecule has 0 aliphatic rings. The van der Waals surface area contributed by atoms with E-state index in [1.807, 2.05) is 43.3 Å². The largest absolute Gasteiger partial charge is 0.497 e. The van der Waals surface area contributed by atoms with E-state index in [1.54, 1.807) is 37.4 Å². The zero-order valence-corrected chi connectivity index (χ0v) is 20.7. The van der Waals surface area contributed by atoms with Crippen LogP contribution in [0.4, 0.5) is 11.4 Å². The quantitative estimate of drug-likeness (QED) is 0.277. The summed E-state index contributed by atoms with van der Waals surface area (Å²) in [5, 5.41) is 9.67. The van der Waals surface area contributed by atoms with Crippen LogP contribution < -0.4 is 20.7 Å². The standard InChI is InChI=1S/C25H20ClN3O3S2/c1-14-5-3-7-16(11-14)27-23(30)15-6-4-8-17(12-15)28-25(33)29-24(31)22-21(26)19-10-9-18(32-2)13-20(19)34-22/h3-13H,1-2H3,(H,27,30)(H2,28,29,31,33). The van der Waals surface area contributed by atoms with E-state index in [0.717, 1.165) is 15.6 Å². The Morgan fingerprint density at radius 2 is 1.68 bits per heavy atom. The van der Waals surface area contributed by atoms with Crippen LogP contribution in [0.2, 0.25) is 5.02 Å². The summed E-state index contributed by atoms with van der Waals surface area (Å²) < 4.78 is 6.07. The van der Waals surface area contributed by atoms with Gasteiger partial charge in [0.2, 0.25) is 0 Å². The van der Waals surface area contributed by atoms with E-state index in [9.17, 15) is 9.59 Å². The van der Waals surface area contributed by atoms with Crippen LogP contribution in [-0.4, -0.2) is 24.0 Å². The number of nitrogens with one attached hydrogen (secondary N) is 3. The van der Waals surface area contributed by atoms with Gasteiger partial charge in [-0.25, -0.2) is 0 Å². The smallest absolute Gasteiger partial charge is 0.269 e. The number of thiocarbonyl (C=S) groups is 1. The molecule has 0 aliphatic carbocycles. The first-order valence-corrected chi connectivity index (χ1v) is 11.8. The van der Waals surface area contributed by atoms with Crippen molar-refractivity contribution in [2.75, 3.05) is 17.7 Å². The van der Waals surface area contributed by atoms with Gasteiger partial charge < -0.3 is 15.4 Å². The maximum atomic E-state index is 12.8. The average molecular weight is 510 g/mol. The normalized spacial score (nSPS) is 10.6. The van der Waals surface area contributed by atoms with Crippen molar-refractivity contribution in [2.24, 2.45) is 0 Å². The third-order valence-corrected chi connectivity index (χ3v) is 6.79. The van der Waals surface area contributed by atoms with Gasteiger partial charge in [-0.3, -0.25) is 14.9 Å². The number of hydrogen-bond acceptors (Lipinski definition) is 5. The first-order valence-electron chi connectivity index (χ1n) is 10.2. The van der Waals surface area contributed by atoms with Gasteiger partial charge in [-0.1, -0.05) is 29.8 Å². The van der Waals surface area contributed by atoms with Crippen LogP contribution in [0.5, 0.6) is 5.75 Å². The molecule has 9 heteroatoms. The van der Waals surface area contributed by atoms with E-state index in [-0.39, 0.29) is 11.0 Å². The van der Waals surface area contributed by atoms with E-state index >= 15 is 0 Å². The molecule has 0 saturated heterocycles. The van der Waals surface area contributed by atoms with E-state index in [1.165, 1.54) is 11.3 Å². The number of carbonyl (C=O) groups excluding carboxylic acids is 2. The Hall–Kier alpha value is -3.46. The second-order valence-electron chi connectivity index (χ2n) is 7.42. The highest BCUT2D eigenvalue weighted by molar-refractivity contribution is 7.80. The Kier molecular flexibility index (Phi) is 7.12. The first kappa shape index (κ1) is 23.7. The molecular formula is C25H20ClN3O3S2. The predicted molar refractivity (Wildman–Crippen MR) is 143 cm³/mol. The summed E-state index contributed by atoms with van der Waals surface area (Å²) in [5.74, 6) is 0.00795. The molecule has 34 heavy (non-hydrogen) atoms. The molecule has 0 fully saturated rings. The number of methoxy groups -OCH3 is 1. The molecule has 0 aliphatic heterocycles. The average Bonchev–Trinajstić information content (AvgIpc) is 3.15. The molecule has 0 bridgehead atoms. The third-order valence-electron chi connectivity index (χ3n) is 4.93. The molecule has 0 spiro atoms. The van der Waals surface area contributed by atoms with Crippen molar-refractivity contribution in [3.63, 3.8) is 0 Å². The van der Waals surface area contributed by atoms with E-state index in [2.05, 4.69) is 16.0 Å². The van der Waals surface area contributed by atoms with Gasteiger partial charge in [0.15, 0.2) is 5.11 Å². The van der Waals surface area contributed by atoms with Crippen LogP contribution in [0.1, 0.15) is 25.6 Å². The van der Waals surface area contributed by atoms with Crippen LogP contribution in [-0.2, 0) is 0 Å². The van der Waals surface area contributed by atoms with Gasteiger partial charge >= 0.3 is 0 Å². The number of carbonyl (C=O) groups is 2. The van der Waals surface area contributed by atoms with E-state index < -0.39 is 5.91 Å². The summed E-state index contributed by atoms with van der Waals surface area (Å²) in [6, 6.07) is 19.8. The molecule has 3 aromatic carbocycles. The summed E-state index contributed by atoms with van der Waals surface area (Å²) >= 11 is 13.0. The van der Waals surface area contributed by atoms with Gasteiger partial charge in [0.25, 0.3) is 11.8 Å². The molecule has 172 valence electrons. The van der Waals surface area contributed by atoms with Crippen molar-refractivity contribution in [2.45, 2.75) is 6.92 Å². The minimum Gasteiger partial charge on any atom is -0.497 e. The van der Waals surface area contributed by atoms with Crippen LogP contribution in [0.3, 0.4) is 0 Å². The maximum absolute atomic E-state index is 12.8. The Labute approximate surface area is 210 Å². The Morgan fingerprint density at radius 3 is 2.41 bits per heavy atom. The second kappa shape index (κ2) is 10.2. The molecule has 0 unspecified atom stereocenters. The number of ether oxygens (including phenoxy) is 1. The molecule has 4 aromatic rings. The number of aryl methyl sites for hydroxylation is 1. The molecule has 1 heterocycles. The lowest BCUT2D eigenvalue weighted by atomic mass is 10.1. The fourth-order valence-corrected chi connectivity index (χ4v) is 4.96. The fraction of sp³-hybridized carbons (Fsp3) is 0.0800. The third kappa shape index (κ3) is 5.36. The summed E-state index contributed by atoms with van der Waals surface area (Å²) in [6.45, 7) is 1.96. The number of thiophene rings is 1. The van der Waals surface area contributed by atoms with Crippen LogP contribution in [0.15, 0.2) is 66.7 Å². The zero-order chi connectivity index (χ0) is 24.2. The minimum absolute atomic E-state index is 0.0901. The van der Waals surface area contributed by atoms with Crippen molar-refractivity contribution in [3.8, 4) is 5.75 Å². The highest BCUT2D eigenvalue weighted by atomic mass is 35.5. The number of benzene rings is 3. The SMILES string of the molecule is COc1ccc2c(Cl)c(C(=O)NC(=S)Nc3cccc(C(=O)Nc4cccc(C)c4)c3)sc2c1. The Balaban J connectivity index is 1.43. The molecule has 1 aromatic heterocycles. The number of rotatable bonds is 5. The van der Waals surface area contributed by atoms with Gasteiger partial charge in [0, 0.05) is 27.0 Å². The highest BCUT2D eigenvalue weighted by Crippen LogP contribution is 2.37. The van der Waals surface area contributed by atoms with Gasteiger partial charge in [-0.2, -0.15) is 0 Å². The lowest BCUT2D eigenvalue weighted by Gasteiger charge is -2.11. The maximum Gasteiger partial charge on any atom is 0.269 e. The number of fused-ring (bicyclic) bond motifs is 1. The number of amides is 2. The predicted octanol–water partition coefficient (Wildman–Crippen LogP) is 6.25. The molecule has 3 N–H and O–H groups in total. The van der Waals surface area contributed by atoms with Crippen molar-refractivity contribution in [3.05, 3.63) is 87.8 Å². The molecule has 6 nitrogen and oxygen atoms in total. The van der Waals surface area contributed by atoms with Gasteiger partial charge in [0.05, 0.1) is 12.1 Å². The molecule has 0 atom stereocenters. The summed E-state index contributed by atoms with van der Waals surface area (Å²) in [7, 11) is 1.58. The fourth-order valence-electron chi connectivity index (χ4n) is 3.30. The van der Waals surface area contributed by atoms with Gasteiger partial charge in [-0.05, 0) is 73.2 Å². The van der Waals surface area contributed by atoms with Crippen LogP contribution in [0.25, 0.3) is 10.1 Å². The van der Waals surface area contributed by atoms with Gasteiger partial charge in [0.1, 0.15) is 10.6 Å². The van der Waals surface area contributed by atoms with Crippen molar-refractivity contribution in [1.29, 1.82) is 0 Å². The summed E-state index contributed by atoms with van der Waals surface area (Å²) in [5.41, 5.74) is 2.77. The lowest BCUT2D eigenvalue weighted by molar-refractivity contribution is 0.0980. The Morgan fingerprint density at radius 1 is 0.941 bits per heavy atom. The topological polar surface area (TPSA) is 79.5 Å². The molecule has 2 amide bonds. The number of hydrogen-bond donors (Lipinski definition) is 3. The minimum atomic E-state index is -0.420. The van der Waals surface area contributed by atoms with Crippen molar-refractivity contribution < 1.29 is 14.3 Å².